The lowest BCUT2D eigenvalue weighted by Gasteiger charge is -2.38. The van der Waals surface area contributed by atoms with Gasteiger partial charge in [-0.05, 0) is 45.7 Å². The Morgan fingerprint density at radius 3 is 1.60 bits per heavy atom. The van der Waals surface area contributed by atoms with Gasteiger partial charge >= 0.3 is 0 Å². The van der Waals surface area contributed by atoms with E-state index in [9.17, 15) is 0 Å². The largest absolute Gasteiger partial charge is 0.299 e. The fourth-order valence-electron chi connectivity index (χ4n) is 2.75. The van der Waals surface area contributed by atoms with E-state index < -0.39 is 0 Å². The molecule has 0 bridgehead atoms. The zero-order valence-corrected chi connectivity index (χ0v) is 13.2. The van der Waals surface area contributed by atoms with Crippen LogP contribution in [0.1, 0.15) is 44.4 Å². The average molecular weight is 267 g/mol. The van der Waals surface area contributed by atoms with Crippen LogP contribution in [0.5, 0.6) is 0 Å². The van der Waals surface area contributed by atoms with Crippen molar-refractivity contribution in [2.45, 2.75) is 45.7 Å². The predicted octanol–water partition coefficient (Wildman–Crippen LogP) is 4.76. The molecule has 0 aromatic heterocycles. The zero-order chi connectivity index (χ0) is 14.8. The second kappa shape index (κ2) is 5.41. The lowest BCUT2D eigenvalue weighted by atomic mass is 9.86. The van der Waals surface area contributed by atoms with Gasteiger partial charge in [-0.2, -0.15) is 0 Å². The summed E-state index contributed by atoms with van der Waals surface area (Å²) in [6.07, 6.45) is 0. The van der Waals surface area contributed by atoms with E-state index in [-0.39, 0.29) is 11.1 Å². The molecule has 0 heterocycles. The monoisotopic (exact) mass is 267 g/mol. The number of nitrogens with one attached hydrogen (secondary N) is 1. The minimum absolute atomic E-state index is 0.0738. The van der Waals surface area contributed by atoms with Crippen molar-refractivity contribution < 1.29 is 0 Å². The van der Waals surface area contributed by atoms with Gasteiger partial charge in [0.1, 0.15) is 0 Å². The van der Waals surface area contributed by atoms with E-state index in [1.807, 2.05) is 0 Å². The minimum atomic E-state index is -0.0763. The van der Waals surface area contributed by atoms with Gasteiger partial charge in [0.2, 0.25) is 0 Å². The van der Waals surface area contributed by atoms with E-state index in [1.165, 1.54) is 16.7 Å². The van der Waals surface area contributed by atoms with Crippen molar-refractivity contribution in [3.8, 4) is 0 Å². The summed E-state index contributed by atoms with van der Waals surface area (Å²) in [5.41, 5.74) is 3.77. The van der Waals surface area contributed by atoms with Crippen LogP contribution in [0.2, 0.25) is 0 Å². The Hall–Kier alpha value is -1.60. The van der Waals surface area contributed by atoms with Crippen LogP contribution in [0.25, 0.3) is 0 Å². The van der Waals surface area contributed by atoms with Crippen LogP contribution >= 0.6 is 0 Å². The molecular formula is C19H25N. The first kappa shape index (κ1) is 14.8. The van der Waals surface area contributed by atoms with Gasteiger partial charge in [-0.25, -0.2) is 0 Å². The molecule has 0 aliphatic carbocycles. The van der Waals surface area contributed by atoms with Crippen molar-refractivity contribution >= 4 is 0 Å². The van der Waals surface area contributed by atoms with E-state index in [1.54, 1.807) is 0 Å². The van der Waals surface area contributed by atoms with E-state index in [0.717, 1.165) is 0 Å². The highest BCUT2D eigenvalue weighted by Crippen LogP contribution is 2.28. The van der Waals surface area contributed by atoms with E-state index in [2.05, 4.69) is 94.5 Å². The molecule has 0 unspecified atom stereocenters. The summed E-state index contributed by atoms with van der Waals surface area (Å²) in [5.74, 6) is 0. The third-order valence-electron chi connectivity index (χ3n) is 3.89. The van der Waals surface area contributed by atoms with Gasteiger partial charge in [-0.15, -0.1) is 0 Å². The molecule has 0 amide bonds. The van der Waals surface area contributed by atoms with Crippen molar-refractivity contribution in [2.75, 3.05) is 0 Å². The zero-order valence-electron chi connectivity index (χ0n) is 13.2. The van der Waals surface area contributed by atoms with Gasteiger partial charge in [0.15, 0.2) is 0 Å². The molecule has 20 heavy (non-hydrogen) atoms. The fraction of sp³-hybridized carbons (Fsp3) is 0.368. The lowest BCUT2D eigenvalue weighted by molar-refractivity contribution is 0.271. The van der Waals surface area contributed by atoms with Crippen molar-refractivity contribution in [3.05, 3.63) is 71.3 Å². The fourth-order valence-corrected chi connectivity index (χ4v) is 2.75. The first-order valence-electron chi connectivity index (χ1n) is 7.23. The van der Waals surface area contributed by atoms with Crippen molar-refractivity contribution in [3.63, 3.8) is 0 Å². The van der Waals surface area contributed by atoms with E-state index in [0.29, 0.717) is 0 Å². The van der Waals surface area contributed by atoms with E-state index >= 15 is 0 Å². The minimum Gasteiger partial charge on any atom is -0.299 e. The van der Waals surface area contributed by atoms with Crippen LogP contribution in [0.4, 0.5) is 0 Å². The van der Waals surface area contributed by atoms with Crippen LogP contribution in [0.15, 0.2) is 54.6 Å². The summed E-state index contributed by atoms with van der Waals surface area (Å²) in [6, 6.07) is 19.4. The number of hydrogen-bond acceptors (Lipinski definition) is 1. The first-order valence-corrected chi connectivity index (χ1v) is 7.23. The van der Waals surface area contributed by atoms with Crippen LogP contribution in [-0.4, -0.2) is 0 Å². The second-order valence-electron chi connectivity index (χ2n) is 6.61. The molecule has 0 saturated heterocycles. The summed E-state index contributed by atoms with van der Waals surface area (Å²) in [7, 11) is 0. The van der Waals surface area contributed by atoms with Gasteiger partial charge in [0, 0.05) is 11.1 Å². The van der Waals surface area contributed by atoms with Crippen LogP contribution in [-0.2, 0) is 11.1 Å². The molecule has 2 aromatic carbocycles. The van der Waals surface area contributed by atoms with Gasteiger partial charge < -0.3 is 0 Å². The highest BCUT2D eigenvalue weighted by atomic mass is 15.0. The van der Waals surface area contributed by atoms with Gasteiger partial charge in [-0.1, -0.05) is 60.2 Å². The smallest absolute Gasteiger partial charge is 0.0384 e. The molecule has 0 radical (unpaired) electrons. The molecule has 1 nitrogen and oxygen atoms in total. The Morgan fingerprint density at radius 1 is 0.650 bits per heavy atom. The molecule has 0 fully saturated rings. The Labute approximate surface area is 123 Å². The Morgan fingerprint density at radius 2 is 1.10 bits per heavy atom. The molecule has 2 rings (SSSR count). The molecule has 1 heteroatoms. The number of hydrogen-bond donors (Lipinski definition) is 1. The normalized spacial score (nSPS) is 12.4. The van der Waals surface area contributed by atoms with Gasteiger partial charge in [0.05, 0.1) is 0 Å². The first-order chi connectivity index (χ1) is 9.31. The van der Waals surface area contributed by atoms with Crippen molar-refractivity contribution in [1.82, 2.24) is 5.32 Å². The summed E-state index contributed by atoms with van der Waals surface area (Å²) in [6.45, 7) is 11.1. The Kier molecular flexibility index (Phi) is 4.01. The topological polar surface area (TPSA) is 12.0 Å². The quantitative estimate of drug-likeness (QED) is 0.842. The number of rotatable bonds is 4. The van der Waals surface area contributed by atoms with Crippen LogP contribution < -0.4 is 5.32 Å². The maximum absolute atomic E-state index is 3.78. The predicted molar refractivity (Wildman–Crippen MR) is 86.8 cm³/mol. The summed E-state index contributed by atoms with van der Waals surface area (Å²) in [5, 5.41) is 3.78. The molecule has 0 spiro atoms. The standard InChI is InChI=1S/C19H25N/c1-15-11-13-17(14-12-15)19(4,5)20-18(2,3)16-9-7-6-8-10-16/h6-14,20H,1-5H3. The second-order valence-corrected chi connectivity index (χ2v) is 6.61. The highest BCUT2D eigenvalue weighted by Gasteiger charge is 2.29. The summed E-state index contributed by atoms with van der Waals surface area (Å²) >= 11 is 0. The van der Waals surface area contributed by atoms with E-state index in [4.69, 9.17) is 0 Å². The van der Waals surface area contributed by atoms with Crippen molar-refractivity contribution in [2.24, 2.45) is 0 Å². The summed E-state index contributed by atoms with van der Waals surface area (Å²) < 4.78 is 0. The SMILES string of the molecule is Cc1ccc(C(C)(C)NC(C)(C)c2ccccc2)cc1. The Bertz CT molecular complexity index is 550. The number of benzene rings is 2. The third kappa shape index (κ3) is 3.29. The molecule has 0 saturated carbocycles. The lowest BCUT2D eigenvalue weighted by Crippen LogP contribution is -2.48. The average Bonchev–Trinajstić information content (AvgIpc) is 2.39. The molecule has 106 valence electrons. The number of aryl methyl sites for hydroxylation is 1. The van der Waals surface area contributed by atoms with Crippen molar-refractivity contribution in [1.29, 1.82) is 0 Å². The molecule has 0 atom stereocenters. The maximum Gasteiger partial charge on any atom is 0.0384 e. The Balaban J connectivity index is 2.25. The molecular weight excluding hydrogens is 242 g/mol. The van der Waals surface area contributed by atoms with Crippen LogP contribution in [0.3, 0.4) is 0 Å². The molecule has 0 aliphatic rings. The third-order valence-corrected chi connectivity index (χ3v) is 3.89. The molecule has 1 N–H and O–H groups in total. The van der Waals surface area contributed by atoms with Crippen LogP contribution in [0, 0.1) is 6.92 Å². The van der Waals surface area contributed by atoms with Gasteiger partial charge in [0.25, 0.3) is 0 Å². The maximum atomic E-state index is 3.78. The van der Waals surface area contributed by atoms with Gasteiger partial charge in [-0.3, -0.25) is 5.32 Å². The highest BCUT2D eigenvalue weighted by molar-refractivity contribution is 5.29. The molecule has 0 aliphatic heterocycles. The summed E-state index contributed by atoms with van der Waals surface area (Å²) in [4.78, 5) is 0. The molecule has 2 aromatic rings.